The highest BCUT2D eigenvalue weighted by Crippen LogP contribution is 2.20. The minimum atomic E-state index is -3.94. The van der Waals surface area contributed by atoms with Gasteiger partial charge >= 0.3 is 0 Å². The zero-order chi connectivity index (χ0) is 13.6. The van der Waals surface area contributed by atoms with Crippen molar-refractivity contribution >= 4 is 10.1 Å². The van der Waals surface area contributed by atoms with Crippen LogP contribution in [0, 0.1) is 6.92 Å². The van der Waals surface area contributed by atoms with E-state index in [2.05, 4.69) is 18.0 Å². The molecule has 18 heavy (non-hydrogen) atoms. The van der Waals surface area contributed by atoms with Gasteiger partial charge in [0.2, 0.25) is 0 Å². The molecule has 0 amide bonds. The molecule has 1 atom stereocenters. The van der Waals surface area contributed by atoms with Gasteiger partial charge in [0.05, 0.1) is 4.90 Å². The highest BCUT2D eigenvalue weighted by molar-refractivity contribution is 7.86. The zero-order valence-corrected chi connectivity index (χ0v) is 11.3. The van der Waals surface area contributed by atoms with Crippen molar-refractivity contribution in [3.05, 3.63) is 36.8 Å². The summed E-state index contributed by atoms with van der Waals surface area (Å²) in [7, 11) is -3.94. The van der Waals surface area contributed by atoms with Crippen LogP contribution in [-0.2, 0) is 20.7 Å². The molecule has 4 nitrogen and oxygen atoms in total. The van der Waals surface area contributed by atoms with Gasteiger partial charge in [-0.15, -0.1) is 0 Å². The molecule has 0 aromatic heterocycles. The average Bonchev–Trinajstić information content (AvgIpc) is 2.28. The van der Waals surface area contributed by atoms with Crippen LogP contribution in [0.15, 0.2) is 29.2 Å². The van der Waals surface area contributed by atoms with Crippen molar-refractivity contribution in [3.8, 4) is 0 Å². The average molecular weight is 271 g/mol. The van der Waals surface area contributed by atoms with E-state index >= 15 is 0 Å². The number of benzene rings is 1. The smallest absolute Gasteiger partial charge is 0.299 e. The van der Waals surface area contributed by atoms with E-state index in [1.54, 1.807) is 18.2 Å². The minimum absolute atomic E-state index is 0.115. The van der Waals surface area contributed by atoms with Gasteiger partial charge in [0.15, 0.2) is 6.29 Å². The van der Waals surface area contributed by atoms with Gasteiger partial charge in [0, 0.05) is 6.92 Å². The van der Waals surface area contributed by atoms with Gasteiger partial charge in [-0.3, -0.25) is 0 Å². The molecule has 0 aliphatic carbocycles. The molecule has 1 aromatic carbocycles. The minimum Gasteiger partial charge on any atom is -0.367 e. The monoisotopic (exact) mass is 271 g/mol. The van der Waals surface area contributed by atoms with Crippen molar-refractivity contribution in [2.45, 2.75) is 43.8 Å². The number of unbranched alkanes of at least 4 members (excludes halogenated alkanes) is 2. The van der Waals surface area contributed by atoms with Crippen molar-refractivity contribution < 1.29 is 17.7 Å². The summed E-state index contributed by atoms with van der Waals surface area (Å²) in [5, 5.41) is 8.94. The summed E-state index contributed by atoms with van der Waals surface area (Å²) in [6, 6.07) is 6.68. The molecule has 0 heterocycles. The fourth-order valence-corrected chi connectivity index (χ4v) is 2.85. The standard InChI is InChI=1S/C13H19O4S/c1-3-4-5-8-12-9-6-7-10-13(12)18(15,16)17-11(2)14/h6-7,9-11,14H,2-5,8H2,1H3. The molecular formula is C13H19O4S. The summed E-state index contributed by atoms with van der Waals surface area (Å²) >= 11 is 0. The lowest BCUT2D eigenvalue weighted by atomic mass is 10.1. The first-order chi connectivity index (χ1) is 8.47. The van der Waals surface area contributed by atoms with Crippen LogP contribution in [0.3, 0.4) is 0 Å². The maximum atomic E-state index is 11.9. The van der Waals surface area contributed by atoms with Crippen LogP contribution in [-0.4, -0.2) is 19.8 Å². The maximum absolute atomic E-state index is 11.9. The predicted octanol–water partition coefficient (Wildman–Crippen LogP) is 2.28. The first-order valence-electron chi connectivity index (χ1n) is 5.99. The topological polar surface area (TPSA) is 63.6 Å². The fourth-order valence-electron chi connectivity index (χ4n) is 1.72. The number of hydrogen-bond donors (Lipinski definition) is 1. The Hall–Kier alpha value is -0.910. The van der Waals surface area contributed by atoms with E-state index in [1.807, 2.05) is 0 Å². The second-order valence-corrected chi connectivity index (χ2v) is 5.61. The normalized spacial score (nSPS) is 13.5. The molecule has 0 saturated heterocycles. The summed E-state index contributed by atoms with van der Waals surface area (Å²) in [5.74, 6) is 0. The third-order valence-electron chi connectivity index (χ3n) is 2.53. The first-order valence-corrected chi connectivity index (χ1v) is 7.40. The van der Waals surface area contributed by atoms with Gasteiger partial charge in [-0.25, -0.2) is 4.18 Å². The lowest BCUT2D eigenvalue weighted by Gasteiger charge is -2.11. The van der Waals surface area contributed by atoms with E-state index < -0.39 is 16.4 Å². The largest absolute Gasteiger partial charge is 0.367 e. The summed E-state index contributed by atoms with van der Waals surface area (Å²) in [6.45, 7) is 5.20. The molecule has 5 heteroatoms. The molecule has 0 aliphatic rings. The Labute approximate surface area is 109 Å². The number of hydrogen-bond acceptors (Lipinski definition) is 4. The van der Waals surface area contributed by atoms with Gasteiger partial charge in [0.25, 0.3) is 10.1 Å². The third-order valence-corrected chi connectivity index (χ3v) is 3.94. The zero-order valence-electron chi connectivity index (χ0n) is 10.5. The van der Waals surface area contributed by atoms with E-state index in [0.717, 1.165) is 19.3 Å². The summed E-state index contributed by atoms with van der Waals surface area (Å²) in [6.07, 6.45) is 2.14. The quantitative estimate of drug-likeness (QED) is 0.469. The second-order valence-electron chi connectivity index (χ2n) is 4.07. The molecule has 1 aromatic rings. The van der Waals surface area contributed by atoms with Crippen LogP contribution in [0.4, 0.5) is 0 Å². The Morgan fingerprint density at radius 1 is 1.33 bits per heavy atom. The lowest BCUT2D eigenvalue weighted by Crippen LogP contribution is -2.16. The molecule has 101 valence electrons. The van der Waals surface area contributed by atoms with Crippen LogP contribution in [0.5, 0.6) is 0 Å². The Bertz CT molecular complexity index is 466. The van der Waals surface area contributed by atoms with Gasteiger partial charge < -0.3 is 5.11 Å². The lowest BCUT2D eigenvalue weighted by molar-refractivity contribution is 0.0281. The Balaban J connectivity index is 2.94. The molecule has 1 rings (SSSR count). The molecule has 0 saturated carbocycles. The second kappa shape index (κ2) is 6.87. The van der Waals surface area contributed by atoms with Gasteiger partial charge in [-0.1, -0.05) is 38.0 Å². The van der Waals surface area contributed by atoms with E-state index in [9.17, 15) is 8.42 Å². The third kappa shape index (κ3) is 4.40. The van der Waals surface area contributed by atoms with Crippen LogP contribution >= 0.6 is 0 Å². The van der Waals surface area contributed by atoms with Gasteiger partial charge in [-0.2, -0.15) is 8.42 Å². The van der Waals surface area contributed by atoms with Crippen molar-refractivity contribution in [1.82, 2.24) is 0 Å². The SMILES string of the molecule is [CH2]C(O)OS(=O)(=O)c1ccccc1CCCCC. The van der Waals surface area contributed by atoms with Crippen LogP contribution in [0.2, 0.25) is 0 Å². The molecule has 1 unspecified atom stereocenters. The molecule has 1 N–H and O–H groups in total. The molecular weight excluding hydrogens is 252 g/mol. The van der Waals surface area contributed by atoms with Crippen LogP contribution in [0.1, 0.15) is 31.7 Å². The molecule has 0 aliphatic heterocycles. The Morgan fingerprint density at radius 3 is 2.61 bits per heavy atom. The number of aliphatic hydroxyl groups is 1. The van der Waals surface area contributed by atoms with Crippen LogP contribution < -0.4 is 0 Å². The Kier molecular flexibility index (Phi) is 5.78. The fraction of sp³-hybridized carbons (Fsp3) is 0.462. The number of aryl methyl sites for hydroxylation is 1. The summed E-state index contributed by atoms with van der Waals surface area (Å²) in [5.41, 5.74) is 0.714. The van der Waals surface area contributed by atoms with E-state index in [-0.39, 0.29) is 4.90 Å². The molecule has 0 fully saturated rings. The van der Waals surface area contributed by atoms with Crippen molar-refractivity contribution in [3.63, 3.8) is 0 Å². The van der Waals surface area contributed by atoms with Crippen LogP contribution in [0.25, 0.3) is 0 Å². The van der Waals surface area contributed by atoms with Gasteiger partial charge in [-0.05, 0) is 24.5 Å². The van der Waals surface area contributed by atoms with E-state index in [0.29, 0.717) is 12.0 Å². The molecule has 0 bridgehead atoms. The van der Waals surface area contributed by atoms with Crippen molar-refractivity contribution in [1.29, 1.82) is 0 Å². The molecule has 0 spiro atoms. The highest BCUT2D eigenvalue weighted by Gasteiger charge is 2.20. The highest BCUT2D eigenvalue weighted by atomic mass is 32.2. The van der Waals surface area contributed by atoms with E-state index in [1.165, 1.54) is 6.07 Å². The number of aliphatic hydroxyl groups excluding tert-OH is 1. The summed E-state index contributed by atoms with van der Waals surface area (Å²) < 4.78 is 28.2. The molecule has 1 radical (unpaired) electrons. The Morgan fingerprint density at radius 2 is 2.00 bits per heavy atom. The number of rotatable bonds is 7. The van der Waals surface area contributed by atoms with Gasteiger partial charge in [0.1, 0.15) is 0 Å². The maximum Gasteiger partial charge on any atom is 0.299 e. The summed E-state index contributed by atoms with van der Waals surface area (Å²) in [4.78, 5) is 0.115. The first kappa shape index (κ1) is 15.1. The van der Waals surface area contributed by atoms with E-state index in [4.69, 9.17) is 5.11 Å². The van der Waals surface area contributed by atoms with Crippen molar-refractivity contribution in [2.75, 3.05) is 0 Å². The predicted molar refractivity (Wildman–Crippen MR) is 69.3 cm³/mol. The van der Waals surface area contributed by atoms with Crippen molar-refractivity contribution in [2.24, 2.45) is 0 Å².